The summed E-state index contributed by atoms with van der Waals surface area (Å²) in [7, 11) is -3.45. The van der Waals surface area contributed by atoms with Gasteiger partial charge in [0, 0.05) is 19.1 Å². The van der Waals surface area contributed by atoms with Crippen LogP contribution in [0.1, 0.15) is 20.3 Å². The predicted octanol–water partition coefficient (Wildman–Crippen LogP) is 1.13. The molecule has 0 aliphatic heterocycles. The number of rotatable bonds is 7. The molecular formula is C12H21N3O2S. The molecule has 0 saturated heterocycles. The average Bonchev–Trinajstić information content (AvgIpc) is 2.36. The number of sulfonamides is 1. The van der Waals surface area contributed by atoms with Gasteiger partial charge in [0.2, 0.25) is 10.0 Å². The Balaban J connectivity index is 2.93. The molecule has 0 heterocycles. The van der Waals surface area contributed by atoms with Gasteiger partial charge in [-0.25, -0.2) is 13.1 Å². The minimum absolute atomic E-state index is 0.0138. The standard InChI is InChI=1S/C12H21N3O2S/c1-3-10(13)9-14-11-7-5-6-8-12(11)18(16,17)15-4-2/h5-8,10,14-15H,3-4,9,13H2,1-2H3. The number of benzene rings is 1. The van der Waals surface area contributed by atoms with Crippen molar-refractivity contribution < 1.29 is 8.42 Å². The Hall–Kier alpha value is -1.11. The fourth-order valence-corrected chi connectivity index (χ4v) is 2.72. The predicted molar refractivity (Wildman–Crippen MR) is 74.1 cm³/mol. The van der Waals surface area contributed by atoms with Gasteiger partial charge in [0.25, 0.3) is 0 Å². The second-order valence-electron chi connectivity index (χ2n) is 4.05. The zero-order valence-corrected chi connectivity index (χ0v) is 11.6. The summed E-state index contributed by atoms with van der Waals surface area (Å²) in [6, 6.07) is 6.84. The average molecular weight is 271 g/mol. The Bertz CT molecular complexity index is 474. The molecule has 1 unspecified atom stereocenters. The monoisotopic (exact) mass is 271 g/mol. The van der Waals surface area contributed by atoms with Crippen LogP contribution in [0.2, 0.25) is 0 Å². The zero-order chi connectivity index (χ0) is 13.6. The van der Waals surface area contributed by atoms with Gasteiger partial charge < -0.3 is 11.1 Å². The van der Waals surface area contributed by atoms with Crippen LogP contribution in [0.25, 0.3) is 0 Å². The van der Waals surface area contributed by atoms with Gasteiger partial charge in [-0.05, 0) is 18.6 Å². The molecule has 6 heteroatoms. The van der Waals surface area contributed by atoms with Crippen LogP contribution in [0.5, 0.6) is 0 Å². The Morgan fingerprint density at radius 1 is 1.28 bits per heavy atom. The zero-order valence-electron chi connectivity index (χ0n) is 10.8. The van der Waals surface area contributed by atoms with Gasteiger partial charge in [0.1, 0.15) is 4.90 Å². The molecule has 18 heavy (non-hydrogen) atoms. The number of nitrogens with one attached hydrogen (secondary N) is 2. The number of hydrogen-bond donors (Lipinski definition) is 3. The number of para-hydroxylation sites is 1. The van der Waals surface area contributed by atoms with Crippen LogP contribution in [-0.4, -0.2) is 27.5 Å². The summed E-state index contributed by atoms with van der Waals surface area (Å²) in [6.45, 7) is 4.66. The molecule has 0 bridgehead atoms. The third-order valence-corrected chi connectivity index (χ3v) is 4.19. The maximum absolute atomic E-state index is 12.0. The third-order valence-electron chi connectivity index (χ3n) is 2.59. The third kappa shape index (κ3) is 3.97. The minimum Gasteiger partial charge on any atom is -0.382 e. The van der Waals surface area contributed by atoms with Crippen molar-refractivity contribution in [3.05, 3.63) is 24.3 Å². The number of nitrogens with two attached hydrogens (primary N) is 1. The van der Waals surface area contributed by atoms with Gasteiger partial charge in [-0.1, -0.05) is 26.0 Å². The van der Waals surface area contributed by atoms with E-state index in [1.807, 2.05) is 6.92 Å². The second kappa shape index (κ2) is 6.72. The fourth-order valence-electron chi connectivity index (χ4n) is 1.50. The van der Waals surface area contributed by atoms with E-state index in [-0.39, 0.29) is 10.9 Å². The van der Waals surface area contributed by atoms with Gasteiger partial charge in [-0.15, -0.1) is 0 Å². The molecular weight excluding hydrogens is 250 g/mol. The first-order chi connectivity index (χ1) is 8.51. The molecule has 4 N–H and O–H groups in total. The summed E-state index contributed by atoms with van der Waals surface area (Å²) >= 11 is 0. The second-order valence-corrected chi connectivity index (χ2v) is 5.78. The molecule has 0 aromatic heterocycles. The largest absolute Gasteiger partial charge is 0.382 e. The molecule has 0 aliphatic rings. The van der Waals surface area contributed by atoms with Gasteiger partial charge in [0.15, 0.2) is 0 Å². The first kappa shape index (κ1) is 14.9. The molecule has 0 radical (unpaired) electrons. The Kier molecular flexibility index (Phi) is 5.58. The quantitative estimate of drug-likeness (QED) is 0.694. The van der Waals surface area contributed by atoms with E-state index < -0.39 is 10.0 Å². The topological polar surface area (TPSA) is 84.2 Å². The fraction of sp³-hybridized carbons (Fsp3) is 0.500. The van der Waals surface area contributed by atoms with Gasteiger partial charge >= 0.3 is 0 Å². The Morgan fingerprint density at radius 3 is 2.56 bits per heavy atom. The minimum atomic E-state index is -3.45. The molecule has 0 fully saturated rings. The lowest BCUT2D eigenvalue weighted by Crippen LogP contribution is -2.29. The van der Waals surface area contributed by atoms with Gasteiger partial charge in [0.05, 0.1) is 5.69 Å². The van der Waals surface area contributed by atoms with Crippen LogP contribution in [0.15, 0.2) is 29.2 Å². The summed E-state index contributed by atoms with van der Waals surface area (Å²) in [5, 5.41) is 3.08. The van der Waals surface area contributed by atoms with E-state index in [9.17, 15) is 8.42 Å². The van der Waals surface area contributed by atoms with Crippen molar-refractivity contribution in [3.8, 4) is 0 Å². The highest BCUT2D eigenvalue weighted by atomic mass is 32.2. The van der Waals surface area contributed by atoms with Crippen LogP contribution in [-0.2, 0) is 10.0 Å². The van der Waals surface area contributed by atoms with E-state index >= 15 is 0 Å². The van der Waals surface area contributed by atoms with Crippen molar-refractivity contribution in [1.29, 1.82) is 0 Å². The summed E-state index contributed by atoms with van der Waals surface area (Å²) in [4.78, 5) is 0.259. The molecule has 1 aromatic carbocycles. The summed E-state index contributed by atoms with van der Waals surface area (Å²) in [5.41, 5.74) is 6.40. The van der Waals surface area contributed by atoms with E-state index in [2.05, 4.69) is 10.0 Å². The lowest BCUT2D eigenvalue weighted by atomic mass is 10.2. The summed E-state index contributed by atoms with van der Waals surface area (Å²) in [5.74, 6) is 0. The van der Waals surface area contributed by atoms with Gasteiger partial charge in [-0.3, -0.25) is 0 Å². The Morgan fingerprint density at radius 2 is 1.94 bits per heavy atom. The lowest BCUT2D eigenvalue weighted by molar-refractivity contribution is 0.584. The van der Waals surface area contributed by atoms with Crippen LogP contribution in [0.4, 0.5) is 5.69 Å². The number of anilines is 1. The van der Waals surface area contributed by atoms with Crippen molar-refractivity contribution in [2.24, 2.45) is 5.73 Å². The summed E-state index contributed by atoms with van der Waals surface area (Å²) in [6.07, 6.45) is 0.842. The van der Waals surface area contributed by atoms with E-state index in [4.69, 9.17) is 5.73 Å². The molecule has 102 valence electrons. The highest BCUT2D eigenvalue weighted by molar-refractivity contribution is 7.89. The van der Waals surface area contributed by atoms with Crippen molar-refractivity contribution >= 4 is 15.7 Å². The van der Waals surface area contributed by atoms with Crippen LogP contribution in [0.3, 0.4) is 0 Å². The molecule has 0 saturated carbocycles. The van der Waals surface area contributed by atoms with Gasteiger partial charge in [-0.2, -0.15) is 0 Å². The molecule has 0 aliphatic carbocycles. The lowest BCUT2D eigenvalue weighted by Gasteiger charge is -2.15. The maximum Gasteiger partial charge on any atom is 0.242 e. The van der Waals surface area contributed by atoms with E-state index in [0.717, 1.165) is 6.42 Å². The first-order valence-corrected chi connectivity index (χ1v) is 7.57. The summed E-state index contributed by atoms with van der Waals surface area (Å²) < 4.78 is 26.5. The van der Waals surface area contributed by atoms with Crippen LogP contribution < -0.4 is 15.8 Å². The highest BCUT2D eigenvalue weighted by Gasteiger charge is 2.16. The van der Waals surface area contributed by atoms with Crippen molar-refractivity contribution in [2.45, 2.75) is 31.2 Å². The highest BCUT2D eigenvalue weighted by Crippen LogP contribution is 2.20. The maximum atomic E-state index is 12.0. The normalized spacial score (nSPS) is 13.3. The smallest absolute Gasteiger partial charge is 0.242 e. The van der Waals surface area contributed by atoms with Crippen molar-refractivity contribution in [1.82, 2.24) is 4.72 Å². The van der Waals surface area contributed by atoms with Crippen molar-refractivity contribution in [3.63, 3.8) is 0 Å². The molecule has 0 amide bonds. The molecule has 1 atom stereocenters. The Labute approximate surface area is 109 Å². The molecule has 1 rings (SSSR count). The molecule has 0 spiro atoms. The first-order valence-electron chi connectivity index (χ1n) is 6.09. The molecule has 5 nitrogen and oxygen atoms in total. The van der Waals surface area contributed by atoms with E-state index in [0.29, 0.717) is 18.8 Å². The van der Waals surface area contributed by atoms with Crippen LogP contribution >= 0.6 is 0 Å². The SMILES string of the molecule is CCNS(=O)(=O)c1ccccc1NCC(N)CC. The van der Waals surface area contributed by atoms with E-state index in [1.165, 1.54) is 0 Å². The molecule has 1 aromatic rings. The number of hydrogen-bond acceptors (Lipinski definition) is 4. The van der Waals surface area contributed by atoms with Crippen LogP contribution in [0, 0.1) is 0 Å². The van der Waals surface area contributed by atoms with Crippen molar-refractivity contribution in [2.75, 3.05) is 18.4 Å². The van der Waals surface area contributed by atoms with E-state index in [1.54, 1.807) is 31.2 Å².